The predicted octanol–water partition coefficient (Wildman–Crippen LogP) is 4.61. The number of nitrogens with two attached hydrogens (primary N) is 1. The van der Waals surface area contributed by atoms with Crippen LogP contribution in [0.15, 0.2) is 42.6 Å². The number of H-pyrrole nitrogens is 1. The first kappa shape index (κ1) is 17.8. The topological polar surface area (TPSA) is 62.1 Å². The van der Waals surface area contributed by atoms with Gasteiger partial charge in [0.1, 0.15) is 0 Å². The fourth-order valence-electron chi connectivity index (χ4n) is 4.51. The van der Waals surface area contributed by atoms with Gasteiger partial charge in [-0.1, -0.05) is 24.6 Å². The molecule has 1 atom stereocenters. The fourth-order valence-corrected chi connectivity index (χ4v) is 4.51. The van der Waals surface area contributed by atoms with Gasteiger partial charge in [0.2, 0.25) is 5.91 Å². The minimum atomic E-state index is -0.359. The Bertz CT molecular complexity index is 988. The number of hydrogen-bond acceptors (Lipinski definition) is 2. The third kappa shape index (κ3) is 3.37. The van der Waals surface area contributed by atoms with Gasteiger partial charge in [0.25, 0.3) is 0 Å². The summed E-state index contributed by atoms with van der Waals surface area (Å²) in [5.41, 5.74) is 12.6. The number of carbonyl (C=O) groups excluding carboxylic acids is 1. The van der Waals surface area contributed by atoms with Crippen molar-refractivity contribution in [1.82, 2.24) is 9.88 Å². The maximum Gasteiger partial charge on any atom is 0.248 e. The summed E-state index contributed by atoms with van der Waals surface area (Å²) in [7, 11) is 0. The minimum Gasteiger partial charge on any atom is -0.366 e. The lowest BCUT2D eigenvalue weighted by molar-refractivity contribution is 0.0999. The lowest BCUT2D eigenvalue weighted by Gasteiger charge is -2.36. The molecule has 4 rings (SSSR count). The number of aryl methyl sites for hydroxylation is 2. The molecule has 1 aliphatic heterocycles. The molecule has 0 unspecified atom stereocenters. The van der Waals surface area contributed by atoms with Crippen molar-refractivity contribution in [3.05, 3.63) is 70.4 Å². The van der Waals surface area contributed by atoms with Crippen molar-refractivity contribution in [1.29, 1.82) is 0 Å². The van der Waals surface area contributed by atoms with E-state index in [1.54, 1.807) is 6.07 Å². The second-order valence-corrected chi connectivity index (χ2v) is 7.73. The Morgan fingerprint density at radius 1 is 1.19 bits per heavy atom. The smallest absolute Gasteiger partial charge is 0.248 e. The largest absolute Gasteiger partial charge is 0.366 e. The summed E-state index contributed by atoms with van der Waals surface area (Å²) in [6.45, 7) is 6.37. The molecule has 27 heavy (non-hydrogen) atoms. The van der Waals surface area contributed by atoms with Crippen LogP contribution >= 0.6 is 0 Å². The number of likely N-dealkylation sites (tertiary alicyclic amines) is 1. The van der Waals surface area contributed by atoms with Crippen molar-refractivity contribution in [3.8, 4) is 0 Å². The van der Waals surface area contributed by atoms with Gasteiger partial charge in [-0.05, 0) is 73.7 Å². The van der Waals surface area contributed by atoms with E-state index in [2.05, 4.69) is 41.9 Å². The SMILES string of the molecule is Cc1cc(C)c2[nH]ccc2c1CN1CCCC[C@H]1c1cccc(C(N)=O)c1. The first-order valence-electron chi connectivity index (χ1n) is 9.74. The molecule has 2 heterocycles. The Kier molecular flexibility index (Phi) is 4.75. The number of hydrogen-bond donors (Lipinski definition) is 2. The molecule has 1 aromatic heterocycles. The summed E-state index contributed by atoms with van der Waals surface area (Å²) < 4.78 is 0. The molecule has 4 heteroatoms. The van der Waals surface area contributed by atoms with Gasteiger partial charge in [-0.15, -0.1) is 0 Å². The second kappa shape index (κ2) is 7.20. The molecule has 4 nitrogen and oxygen atoms in total. The number of aromatic nitrogens is 1. The number of amides is 1. The Hall–Kier alpha value is -2.59. The van der Waals surface area contributed by atoms with Crippen molar-refractivity contribution >= 4 is 16.8 Å². The molecule has 140 valence electrons. The Morgan fingerprint density at radius 2 is 2.04 bits per heavy atom. The normalized spacial score (nSPS) is 18.1. The van der Waals surface area contributed by atoms with E-state index in [0.29, 0.717) is 11.6 Å². The molecule has 1 saturated heterocycles. The Morgan fingerprint density at radius 3 is 2.85 bits per heavy atom. The molecule has 0 saturated carbocycles. The zero-order chi connectivity index (χ0) is 19.0. The lowest BCUT2D eigenvalue weighted by atomic mass is 9.92. The lowest BCUT2D eigenvalue weighted by Crippen LogP contribution is -2.33. The second-order valence-electron chi connectivity index (χ2n) is 7.73. The molecular weight excluding hydrogens is 334 g/mol. The zero-order valence-electron chi connectivity index (χ0n) is 16.1. The van der Waals surface area contributed by atoms with Crippen LogP contribution in [0.2, 0.25) is 0 Å². The van der Waals surface area contributed by atoms with Gasteiger partial charge in [-0.3, -0.25) is 9.69 Å². The summed E-state index contributed by atoms with van der Waals surface area (Å²) in [4.78, 5) is 17.6. The van der Waals surface area contributed by atoms with Gasteiger partial charge in [0, 0.05) is 35.2 Å². The number of piperidine rings is 1. The predicted molar refractivity (Wildman–Crippen MR) is 110 cm³/mol. The molecule has 1 aliphatic rings. The van der Waals surface area contributed by atoms with E-state index >= 15 is 0 Å². The Labute approximate surface area is 160 Å². The van der Waals surface area contributed by atoms with E-state index < -0.39 is 0 Å². The molecule has 0 aliphatic carbocycles. The highest BCUT2D eigenvalue weighted by Crippen LogP contribution is 2.35. The summed E-state index contributed by atoms with van der Waals surface area (Å²) in [6, 6.07) is 12.6. The maximum atomic E-state index is 11.6. The molecule has 0 radical (unpaired) electrons. The molecule has 0 bridgehead atoms. The zero-order valence-corrected chi connectivity index (χ0v) is 16.1. The standard InChI is InChI=1S/C23H27N3O/c1-15-12-16(2)22-19(9-10-25-22)20(15)14-26-11-4-3-8-21(26)17-6-5-7-18(13-17)23(24)27/h5-7,9-10,12-13,21,25H,3-4,8,11,14H2,1-2H3,(H2,24,27)/t21-/m0/s1. The van der Waals surface area contributed by atoms with E-state index in [1.165, 1.54) is 46.0 Å². The Balaban J connectivity index is 1.69. The van der Waals surface area contributed by atoms with E-state index in [0.717, 1.165) is 19.5 Å². The molecule has 1 amide bonds. The number of nitrogens with zero attached hydrogens (tertiary/aromatic N) is 1. The molecule has 2 aromatic carbocycles. The number of carbonyl (C=O) groups is 1. The van der Waals surface area contributed by atoms with Gasteiger partial charge in [-0.25, -0.2) is 0 Å². The molecule has 3 N–H and O–H groups in total. The van der Waals surface area contributed by atoms with Gasteiger partial charge in [0.15, 0.2) is 0 Å². The average molecular weight is 361 g/mol. The van der Waals surface area contributed by atoms with Crippen LogP contribution in [0.25, 0.3) is 10.9 Å². The number of primary amides is 1. The summed E-state index contributed by atoms with van der Waals surface area (Å²) >= 11 is 0. The van der Waals surface area contributed by atoms with Crippen LogP contribution < -0.4 is 5.73 Å². The van der Waals surface area contributed by atoms with Crippen molar-refractivity contribution in [2.24, 2.45) is 5.73 Å². The van der Waals surface area contributed by atoms with Gasteiger partial charge in [-0.2, -0.15) is 0 Å². The average Bonchev–Trinajstić information content (AvgIpc) is 3.16. The summed E-state index contributed by atoms with van der Waals surface area (Å²) in [5, 5.41) is 1.32. The van der Waals surface area contributed by atoms with Crippen LogP contribution in [0.1, 0.15) is 57.9 Å². The van der Waals surface area contributed by atoms with Crippen LogP contribution in [0, 0.1) is 13.8 Å². The number of fused-ring (bicyclic) bond motifs is 1. The summed E-state index contributed by atoms with van der Waals surface area (Å²) in [5.74, 6) is -0.359. The molecular formula is C23H27N3O. The minimum absolute atomic E-state index is 0.327. The number of rotatable bonds is 4. The third-order valence-corrected chi connectivity index (χ3v) is 5.91. The monoisotopic (exact) mass is 361 g/mol. The van der Waals surface area contributed by atoms with Crippen molar-refractivity contribution in [3.63, 3.8) is 0 Å². The highest BCUT2D eigenvalue weighted by molar-refractivity contribution is 5.93. The van der Waals surface area contributed by atoms with Gasteiger partial charge < -0.3 is 10.7 Å². The van der Waals surface area contributed by atoms with Crippen molar-refractivity contribution in [2.45, 2.75) is 45.7 Å². The van der Waals surface area contributed by atoms with Crippen molar-refractivity contribution < 1.29 is 4.79 Å². The molecule has 0 spiro atoms. The molecule has 1 fully saturated rings. The maximum absolute atomic E-state index is 11.6. The number of nitrogens with one attached hydrogen (secondary N) is 1. The molecule has 3 aromatic rings. The fraction of sp³-hybridized carbons (Fsp3) is 0.348. The third-order valence-electron chi connectivity index (χ3n) is 5.91. The van der Waals surface area contributed by atoms with E-state index in [-0.39, 0.29) is 5.91 Å². The van der Waals surface area contributed by atoms with Gasteiger partial charge >= 0.3 is 0 Å². The highest BCUT2D eigenvalue weighted by atomic mass is 16.1. The summed E-state index contributed by atoms with van der Waals surface area (Å²) in [6.07, 6.45) is 5.58. The first-order valence-corrected chi connectivity index (χ1v) is 9.74. The number of aromatic amines is 1. The van der Waals surface area contributed by atoms with Crippen LogP contribution in [0.4, 0.5) is 0 Å². The van der Waals surface area contributed by atoms with E-state index in [9.17, 15) is 4.79 Å². The van der Waals surface area contributed by atoms with E-state index in [1.807, 2.05) is 18.3 Å². The van der Waals surface area contributed by atoms with Gasteiger partial charge in [0.05, 0.1) is 0 Å². The van der Waals surface area contributed by atoms with Crippen molar-refractivity contribution in [2.75, 3.05) is 6.54 Å². The highest BCUT2D eigenvalue weighted by Gasteiger charge is 2.25. The van der Waals surface area contributed by atoms with Crippen LogP contribution in [-0.2, 0) is 6.54 Å². The van der Waals surface area contributed by atoms with Crippen LogP contribution in [-0.4, -0.2) is 22.3 Å². The van der Waals surface area contributed by atoms with Crippen LogP contribution in [0.5, 0.6) is 0 Å². The first-order chi connectivity index (χ1) is 13.0. The quantitative estimate of drug-likeness (QED) is 0.713. The van der Waals surface area contributed by atoms with E-state index in [4.69, 9.17) is 5.73 Å². The van der Waals surface area contributed by atoms with Crippen LogP contribution in [0.3, 0.4) is 0 Å². The number of benzene rings is 2.